The average Bonchev–Trinajstić information content (AvgIpc) is 2.84. The molecule has 2 saturated heterocycles. The van der Waals surface area contributed by atoms with Crippen molar-refractivity contribution >= 4 is 12.1 Å². The Balaban J connectivity index is 1.70. The third-order valence-corrected chi connectivity index (χ3v) is 4.83. The van der Waals surface area contributed by atoms with Crippen LogP contribution in [0.3, 0.4) is 0 Å². The maximum Gasteiger partial charge on any atom is 0.407 e. The van der Waals surface area contributed by atoms with E-state index in [4.69, 9.17) is 4.74 Å². The minimum Gasteiger partial charge on any atom is -0.444 e. The van der Waals surface area contributed by atoms with E-state index < -0.39 is 5.60 Å². The molecule has 2 rings (SSSR count). The Hall–Kier alpha value is -1.50. The molecule has 0 aromatic rings. The Kier molecular flexibility index (Phi) is 8.00. The molecule has 150 valence electrons. The van der Waals surface area contributed by atoms with Gasteiger partial charge < -0.3 is 25.2 Å². The highest BCUT2D eigenvalue weighted by Crippen LogP contribution is 2.12. The van der Waals surface area contributed by atoms with Gasteiger partial charge in [0.05, 0.1) is 6.04 Å². The average molecular weight is 368 g/mol. The van der Waals surface area contributed by atoms with Crippen molar-refractivity contribution in [2.75, 3.05) is 46.3 Å². The summed E-state index contributed by atoms with van der Waals surface area (Å²) in [6.07, 6.45) is 5.94. The van der Waals surface area contributed by atoms with Crippen molar-refractivity contribution in [2.45, 2.75) is 64.5 Å². The summed E-state index contributed by atoms with van der Waals surface area (Å²) in [5, 5.41) is 6.45. The highest BCUT2D eigenvalue weighted by atomic mass is 16.6. The summed E-state index contributed by atoms with van der Waals surface area (Å²) in [6.45, 7) is 11.7. The Labute approximate surface area is 158 Å². The minimum atomic E-state index is -0.465. The predicted molar refractivity (Wildman–Crippen MR) is 106 cm³/mol. The smallest absolute Gasteiger partial charge is 0.407 e. The molecular weight excluding hydrogens is 330 g/mol. The molecule has 0 aliphatic carbocycles. The van der Waals surface area contributed by atoms with Crippen molar-refractivity contribution in [1.82, 2.24) is 20.4 Å². The third-order valence-electron chi connectivity index (χ3n) is 4.83. The second-order valence-electron chi connectivity index (χ2n) is 8.31. The minimum absolute atomic E-state index is 0.106. The number of likely N-dealkylation sites (tertiary alicyclic amines) is 2. The fraction of sp³-hybridized carbons (Fsp3) is 0.895. The van der Waals surface area contributed by atoms with Crippen molar-refractivity contribution in [1.29, 1.82) is 0 Å². The fourth-order valence-corrected chi connectivity index (χ4v) is 3.56. The molecule has 7 heteroatoms. The molecule has 26 heavy (non-hydrogen) atoms. The lowest BCUT2D eigenvalue weighted by Crippen LogP contribution is -2.45. The van der Waals surface area contributed by atoms with E-state index in [1.165, 1.54) is 38.8 Å². The second kappa shape index (κ2) is 10.00. The van der Waals surface area contributed by atoms with E-state index in [0.29, 0.717) is 0 Å². The third kappa shape index (κ3) is 7.40. The molecule has 0 spiro atoms. The monoisotopic (exact) mass is 367 g/mol. The predicted octanol–water partition coefficient (Wildman–Crippen LogP) is 2.04. The highest BCUT2D eigenvalue weighted by molar-refractivity contribution is 5.80. The van der Waals surface area contributed by atoms with Gasteiger partial charge in [0.15, 0.2) is 5.96 Å². The number of guanidine groups is 1. The van der Waals surface area contributed by atoms with Crippen LogP contribution in [0.2, 0.25) is 0 Å². The second-order valence-corrected chi connectivity index (χ2v) is 8.31. The summed E-state index contributed by atoms with van der Waals surface area (Å²) < 4.78 is 5.34. The molecule has 1 unspecified atom stereocenters. The van der Waals surface area contributed by atoms with Crippen LogP contribution in [0, 0.1) is 0 Å². The van der Waals surface area contributed by atoms with Crippen LogP contribution >= 0.6 is 0 Å². The largest absolute Gasteiger partial charge is 0.444 e. The first-order valence-electron chi connectivity index (χ1n) is 10.0. The van der Waals surface area contributed by atoms with E-state index in [9.17, 15) is 4.79 Å². The lowest BCUT2D eigenvalue weighted by molar-refractivity contribution is 0.0507. The highest BCUT2D eigenvalue weighted by Gasteiger charge is 2.27. The van der Waals surface area contributed by atoms with Gasteiger partial charge in [-0.05, 0) is 53.1 Å². The van der Waals surface area contributed by atoms with Crippen molar-refractivity contribution in [3.8, 4) is 0 Å². The van der Waals surface area contributed by atoms with E-state index in [0.717, 1.165) is 38.6 Å². The van der Waals surface area contributed by atoms with Gasteiger partial charge in [-0.3, -0.25) is 4.99 Å². The molecule has 0 aromatic heterocycles. The number of ether oxygens (including phenoxy) is 1. The SMILES string of the molecule is CN=C(NCCN1CCCCCC1)N1CCC(NC(=O)OC(C)(C)C)C1. The number of amides is 1. The van der Waals surface area contributed by atoms with E-state index in [-0.39, 0.29) is 12.1 Å². The Morgan fingerprint density at radius 3 is 2.46 bits per heavy atom. The normalized spacial score (nSPS) is 22.8. The maximum atomic E-state index is 11.9. The summed E-state index contributed by atoms with van der Waals surface area (Å²) in [7, 11) is 1.82. The van der Waals surface area contributed by atoms with Gasteiger partial charge in [0.2, 0.25) is 0 Å². The molecule has 0 saturated carbocycles. The van der Waals surface area contributed by atoms with Crippen LogP contribution in [-0.4, -0.2) is 79.8 Å². The van der Waals surface area contributed by atoms with Crippen molar-refractivity contribution < 1.29 is 9.53 Å². The number of carbonyl (C=O) groups is 1. The molecule has 2 aliphatic rings. The molecule has 0 bridgehead atoms. The number of aliphatic imine (C=N–C) groups is 1. The summed E-state index contributed by atoms with van der Waals surface area (Å²) in [5.41, 5.74) is -0.465. The van der Waals surface area contributed by atoms with E-state index >= 15 is 0 Å². The van der Waals surface area contributed by atoms with Gasteiger partial charge in [0, 0.05) is 33.2 Å². The molecule has 2 fully saturated rings. The topological polar surface area (TPSA) is 69.2 Å². The molecule has 0 radical (unpaired) electrons. The van der Waals surface area contributed by atoms with E-state index in [1.807, 2.05) is 27.8 Å². The van der Waals surface area contributed by atoms with Crippen LogP contribution in [0.15, 0.2) is 4.99 Å². The Bertz CT molecular complexity index is 467. The van der Waals surface area contributed by atoms with Crippen LogP contribution < -0.4 is 10.6 Å². The van der Waals surface area contributed by atoms with Crippen LogP contribution in [-0.2, 0) is 4.74 Å². The van der Waals surface area contributed by atoms with Crippen LogP contribution in [0.4, 0.5) is 4.79 Å². The van der Waals surface area contributed by atoms with Gasteiger partial charge in [-0.1, -0.05) is 12.8 Å². The molecule has 1 amide bonds. The first kappa shape index (κ1) is 20.8. The van der Waals surface area contributed by atoms with Gasteiger partial charge in [0.1, 0.15) is 5.60 Å². The van der Waals surface area contributed by atoms with E-state index in [1.54, 1.807) is 0 Å². The number of carbonyl (C=O) groups excluding carboxylic acids is 1. The first-order chi connectivity index (χ1) is 12.4. The van der Waals surface area contributed by atoms with Crippen LogP contribution in [0.25, 0.3) is 0 Å². The van der Waals surface area contributed by atoms with Crippen molar-refractivity contribution in [3.63, 3.8) is 0 Å². The zero-order chi connectivity index (χ0) is 19.0. The lowest BCUT2D eigenvalue weighted by Gasteiger charge is -2.25. The Morgan fingerprint density at radius 2 is 1.85 bits per heavy atom. The van der Waals surface area contributed by atoms with Gasteiger partial charge >= 0.3 is 6.09 Å². The molecule has 0 aromatic carbocycles. The zero-order valence-electron chi connectivity index (χ0n) is 17.0. The number of nitrogens with one attached hydrogen (secondary N) is 2. The summed E-state index contributed by atoms with van der Waals surface area (Å²) in [5.74, 6) is 0.924. The van der Waals surface area contributed by atoms with Crippen molar-refractivity contribution in [2.24, 2.45) is 4.99 Å². The molecule has 2 heterocycles. The molecule has 2 N–H and O–H groups in total. The number of alkyl carbamates (subject to hydrolysis) is 1. The molecule has 1 atom stereocenters. The summed E-state index contributed by atoms with van der Waals surface area (Å²) >= 11 is 0. The van der Waals surface area contributed by atoms with Crippen molar-refractivity contribution in [3.05, 3.63) is 0 Å². The molecule has 2 aliphatic heterocycles. The fourth-order valence-electron chi connectivity index (χ4n) is 3.56. The lowest BCUT2D eigenvalue weighted by atomic mass is 10.2. The number of hydrogen-bond acceptors (Lipinski definition) is 4. The van der Waals surface area contributed by atoms with Gasteiger partial charge in [-0.2, -0.15) is 0 Å². The molecular formula is C19H37N5O2. The first-order valence-corrected chi connectivity index (χ1v) is 10.0. The summed E-state index contributed by atoms with van der Waals surface area (Å²) in [6, 6.07) is 0.106. The van der Waals surface area contributed by atoms with Gasteiger partial charge in [-0.15, -0.1) is 0 Å². The standard InChI is InChI=1S/C19H37N5O2/c1-19(2,3)26-18(25)22-16-9-13-24(15-16)17(20-4)21-10-14-23-11-7-5-6-8-12-23/h16H,5-15H2,1-4H3,(H,20,21)(H,22,25). The zero-order valence-corrected chi connectivity index (χ0v) is 17.0. The van der Waals surface area contributed by atoms with Crippen LogP contribution in [0.1, 0.15) is 52.9 Å². The van der Waals surface area contributed by atoms with Gasteiger partial charge in [0.25, 0.3) is 0 Å². The number of hydrogen-bond donors (Lipinski definition) is 2. The summed E-state index contributed by atoms with van der Waals surface area (Å²) in [4.78, 5) is 21.1. The van der Waals surface area contributed by atoms with E-state index in [2.05, 4.69) is 25.4 Å². The molecule has 7 nitrogen and oxygen atoms in total. The Morgan fingerprint density at radius 1 is 1.15 bits per heavy atom. The number of nitrogens with zero attached hydrogens (tertiary/aromatic N) is 3. The van der Waals surface area contributed by atoms with Gasteiger partial charge in [-0.25, -0.2) is 4.79 Å². The maximum absolute atomic E-state index is 11.9. The van der Waals surface area contributed by atoms with Crippen LogP contribution in [0.5, 0.6) is 0 Å². The number of rotatable bonds is 4. The quantitative estimate of drug-likeness (QED) is 0.588.